The largest absolute Gasteiger partial charge is 0.374 e. The molecule has 0 saturated heterocycles. The summed E-state index contributed by atoms with van der Waals surface area (Å²) in [6.45, 7) is 7.70. The zero-order chi connectivity index (χ0) is 16.0. The molecule has 0 heterocycles. The quantitative estimate of drug-likeness (QED) is 0.708. The first-order valence-corrected chi connectivity index (χ1v) is 8.41. The molecule has 118 valence electrons. The zero-order valence-corrected chi connectivity index (χ0v) is 13.6. The molecule has 1 aromatic rings. The van der Waals surface area contributed by atoms with E-state index in [2.05, 4.69) is 15.4 Å². The summed E-state index contributed by atoms with van der Waals surface area (Å²) in [5, 5.41) is 5.73. The van der Waals surface area contributed by atoms with E-state index < -0.39 is 10.0 Å². The predicted molar refractivity (Wildman–Crippen MR) is 83.7 cm³/mol. The number of likely N-dealkylation sites (N-methyl/N-ethyl adjacent to an activating group) is 1. The fraction of sp³-hybridized carbons (Fsp3) is 0.500. The molecule has 1 amide bonds. The minimum absolute atomic E-state index is 0.101. The van der Waals surface area contributed by atoms with Crippen LogP contribution in [0.25, 0.3) is 0 Å². The molecule has 0 fully saturated rings. The normalized spacial score (nSPS) is 13.0. The second kappa shape index (κ2) is 7.42. The molecular weight excluding hydrogens is 290 g/mol. The Balaban J connectivity index is 2.77. The van der Waals surface area contributed by atoms with E-state index in [9.17, 15) is 13.2 Å². The van der Waals surface area contributed by atoms with Gasteiger partial charge < -0.3 is 10.6 Å². The van der Waals surface area contributed by atoms with Crippen molar-refractivity contribution in [1.82, 2.24) is 10.0 Å². The van der Waals surface area contributed by atoms with Crippen LogP contribution in [0.4, 0.5) is 5.69 Å². The van der Waals surface area contributed by atoms with Crippen molar-refractivity contribution in [3.05, 3.63) is 24.3 Å². The summed E-state index contributed by atoms with van der Waals surface area (Å²) in [5.74, 6) is -0.101. The highest BCUT2D eigenvalue weighted by Gasteiger charge is 2.16. The highest BCUT2D eigenvalue weighted by molar-refractivity contribution is 7.89. The molecule has 1 unspecified atom stereocenters. The van der Waals surface area contributed by atoms with Gasteiger partial charge in [0.2, 0.25) is 15.9 Å². The minimum Gasteiger partial charge on any atom is -0.374 e. The second-order valence-electron chi connectivity index (χ2n) is 5.06. The van der Waals surface area contributed by atoms with E-state index in [1.54, 1.807) is 32.9 Å². The van der Waals surface area contributed by atoms with E-state index in [4.69, 9.17) is 0 Å². The van der Waals surface area contributed by atoms with Gasteiger partial charge in [0.25, 0.3) is 0 Å². The SMILES string of the molecule is CCNC(=O)C(C)Nc1ccc(S(=O)(=O)NC(C)C)cc1. The number of nitrogens with one attached hydrogen (secondary N) is 3. The molecular formula is C14H23N3O3S. The summed E-state index contributed by atoms with van der Waals surface area (Å²) in [7, 11) is -3.49. The highest BCUT2D eigenvalue weighted by atomic mass is 32.2. The van der Waals surface area contributed by atoms with E-state index in [1.807, 2.05) is 6.92 Å². The number of rotatable bonds is 7. The molecule has 1 rings (SSSR count). The maximum Gasteiger partial charge on any atom is 0.242 e. The number of carbonyl (C=O) groups excluding carboxylic acids is 1. The first-order chi connectivity index (χ1) is 9.76. The Labute approximate surface area is 126 Å². The molecule has 0 bridgehead atoms. The van der Waals surface area contributed by atoms with Crippen molar-refractivity contribution >= 4 is 21.6 Å². The lowest BCUT2D eigenvalue weighted by molar-refractivity contribution is -0.121. The van der Waals surface area contributed by atoms with Crippen LogP contribution in [-0.4, -0.2) is 33.0 Å². The third-order valence-electron chi connectivity index (χ3n) is 2.68. The standard InChI is InChI=1S/C14H23N3O3S/c1-5-15-14(18)11(4)16-12-6-8-13(9-7-12)21(19,20)17-10(2)3/h6-11,16-17H,5H2,1-4H3,(H,15,18). The number of anilines is 1. The topological polar surface area (TPSA) is 87.3 Å². The summed E-state index contributed by atoms with van der Waals surface area (Å²) in [6, 6.07) is 5.76. The van der Waals surface area contributed by atoms with Gasteiger partial charge in [-0.05, 0) is 52.0 Å². The summed E-state index contributed by atoms with van der Waals surface area (Å²) in [4.78, 5) is 11.8. The van der Waals surface area contributed by atoms with Gasteiger partial charge in [-0.1, -0.05) is 0 Å². The maximum atomic E-state index is 12.0. The lowest BCUT2D eigenvalue weighted by Gasteiger charge is -2.15. The van der Waals surface area contributed by atoms with E-state index >= 15 is 0 Å². The molecule has 0 radical (unpaired) electrons. The van der Waals surface area contributed by atoms with Crippen LogP contribution in [0, 0.1) is 0 Å². The predicted octanol–water partition coefficient (Wildman–Crippen LogP) is 1.31. The lowest BCUT2D eigenvalue weighted by atomic mass is 10.2. The van der Waals surface area contributed by atoms with E-state index in [0.717, 1.165) is 0 Å². The van der Waals surface area contributed by atoms with Crippen molar-refractivity contribution in [2.45, 2.75) is 44.7 Å². The molecule has 0 aromatic heterocycles. The molecule has 0 aliphatic carbocycles. The number of amides is 1. The zero-order valence-electron chi connectivity index (χ0n) is 12.8. The molecule has 21 heavy (non-hydrogen) atoms. The summed E-state index contributed by atoms with van der Waals surface area (Å²) >= 11 is 0. The summed E-state index contributed by atoms with van der Waals surface area (Å²) in [5.41, 5.74) is 0.692. The molecule has 0 saturated carbocycles. The van der Waals surface area contributed by atoms with Crippen LogP contribution < -0.4 is 15.4 Å². The Kier molecular flexibility index (Phi) is 6.17. The molecule has 0 aliphatic rings. The van der Waals surface area contributed by atoms with Crippen LogP contribution in [0.2, 0.25) is 0 Å². The number of hydrogen-bond acceptors (Lipinski definition) is 4. The molecule has 1 atom stereocenters. The summed E-state index contributed by atoms with van der Waals surface area (Å²) < 4.78 is 26.5. The van der Waals surface area contributed by atoms with Crippen LogP contribution in [0.3, 0.4) is 0 Å². The van der Waals surface area contributed by atoms with E-state index in [-0.39, 0.29) is 22.9 Å². The van der Waals surface area contributed by atoms with Crippen LogP contribution in [-0.2, 0) is 14.8 Å². The number of carbonyl (C=O) groups is 1. The first kappa shape index (κ1) is 17.5. The molecule has 7 heteroatoms. The van der Waals surface area contributed by atoms with Crippen molar-refractivity contribution < 1.29 is 13.2 Å². The molecule has 6 nitrogen and oxygen atoms in total. The van der Waals surface area contributed by atoms with Crippen molar-refractivity contribution in [2.75, 3.05) is 11.9 Å². The smallest absolute Gasteiger partial charge is 0.242 e. The van der Waals surface area contributed by atoms with E-state index in [0.29, 0.717) is 12.2 Å². The summed E-state index contributed by atoms with van der Waals surface area (Å²) in [6.07, 6.45) is 0. The van der Waals surface area contributed by atoms with Crippen molar-refractivity contribution in [3.8, 4) is 0 Å². The fourth-order valence-corrected chi connectivity index (χ4v) is 3.00. The Morgan fingerprint density at radius 2 is 1.71 bits per heavy atom. The average Bonchev–Trinajstić information content (AvgIpc) is 2.38. The van der Waals surface area contributed by atoms with Gasteiger partial charge in [-0.15, -0.1) is 0 Å². The van der Waals surface area contributed by atoms with Crippen molar-refractivity contribution in [3.63, 3.8) is 0 Å². The Hall–Kier alpha value is -1.60. The average molecular weight is 313 g/mol. The van der Waals surface area contributed by atoms with Gasteiger partial charge in [-0.25, -0.2) is 13.1 Å². The minimum atomic E-state index is -3.49. The maximum absolute atomic E-state index is 12.0. The fourth-order valence-electron chi connectivity index (χ4n) is 1.75. The van der Waals surface area contributed by atoms with Crippen LogP contribution in [0.5, 0.6) is 0 Å². The Morgan fingerprint density at radius 3 is 2.19 bits per heavy atom. The van der Waals surface area contributed by atoms with Crippen molar-refractivity contribution in [2.24, 2.45) is 0 Å². The van der Waals surface area contributed by atoms with Gasteiger partial charge in [0.1, 0.15) is 6.04 Å². The number of hydrogen-bond donors (Lipinski definition) is 3. The molecule has 3 N–H and O–H groups in total. The second-order valence-corrected chi connectivity index (χ2v) is 6.77. The monoisotopic (exact) mass is 313 g/mol. The molecule has 0 aliphatic heterocycles. The van der Waals surface area contributed by atoms with Crippen LogP contribution >= 0.6 is 0 Å². The number of benzene rings is 1. The first-order valence-electron chi connectivity index (χ1n) is 6.93. The van der Waals surface area contributed by atoms with E-state index in [1.165, 1.54) is 12.1 Å². The third kappa shape index (κ3) is 5.35. The highest BCUT2D eigenvalue weighted by Crippen LogP contribution is 2.15. The third-order valence-corrected chi connectivity index (χ3v) is 4.36. The van der Waals surface area contributed by atoms with Gasteiger partial charge >= 0.3 is 0 Å². The van der Waals surface area contributed by atoms with Gasteiger partial charge in [0.15, 0.2) is 0 Å². The van der Waals surface area contributed by atoms with Crippen LogP contribution in [0.15, 0.2) is 29.2 Å². The van der Waals surface area contributed by atoms with Gasteiger partial charge in [-0.3, -0.25) is 4.79 Å². The Bertz CT molecular complexity index is 568. The molecule has 0 spiro atoms. The Morgan fingerprint density at radius 1 is 1.14 bits per heavy atom. The van der Waals surface area contributed by atoms with Crippen molar-refractivity contribution in [1.29, 1.82) is 0 Å². The molecule has 1 aromatic carbocycles. The lowest BCUT2D eigenvalue weighted by Crippen LogP contribution is -2.37. The van der Waals surface area contributed by atoms with Gasteiger partial charge in [-0.2, -0.15) is 0 Å². The van der Waals surface area contributed by atoms with Gasteiger partial charge in [0, 0.05) is 18.3 Å². The van der Waals surface area contributed by atoms with Crippen LogP contribution in [0.1, 0.15) is 27.7 Å². The number of sulfonamides is 1. The van der Waals surface area contributed by atoms with Gasteiger partial charge in [0.05, 0.1) is 4.90 Å².